The van der Waals surface area contributed by atoms with Crippen LogP contribution in [0.15, 0.2) is 36.5 Å². The minimum Gasteiger partial charge on any atom is -0.496 e. The molecule has 0 unspecified atom stereocenters. The Hall–Kier alpha value is -2.83. The van der Waals surface area contributed by atoms with Gasteiger partial charge in [-0.1, -0.05) is 6.07 Å². The number of nitrogens with one attached hydrogen (secondary N) is 1. The van der Waals surface area contributed by atoms with Crippen LogP contribution in [0.3, 0.4) is 0 Å². The molecule has 0 atom stereocenters. The Morgan fingerprint density at radius 1 is 1.24 bits per heavy atom. The van der Waals surface area contributed by atoms with Crippen LogP contribution in [-0.2, 0) is 6.54 Å². The van der Waals surface area contributed by atoms with Gasteiger partial charge in [-0.25, -0.2) is 4.98 Å². The Kier molecular flexibility index (Phi) is 4.55. The lowest BCUT2D eigenvalue weighted by molar-refractivity contribution is -0.384. The summed E-state index contributed by atoms with van der Waals surface area (Å²) < 4.78 is 10.0. The summed E-state index contributed by atoms with van der Waals surface area (Å²) in [7, 11) is 3.02. The zero-order valence-corrected chi connectivity index (χ0v) is 11.7. The second-order valence-corrected chi connectivity index (χ2v) is 4.24. The molecule has 0 radical (unpaired) electrons. The third-order valence-electron chi connectivity index (χ3n) is 2.84. The molecule has 1 aromatic carbocycles. The number of non-ortho nitro benzene ring substituents is 1. The van der Waals surface area contributed by atoms with Gasteiger partial charge in [-0.15, -0.1) is 0 Å². The smallest absolute Gasteiger partial charge is 0.275 e. The van der Waals surface area contributed by atoms with Crippen molar-refractivity contribution in [2.45, 2.75) is 6.54 Å². The molecule has 0 aliphatic carbocycles. The summed E-state index contributed by atoms with van der Waals surface area (Å²) in [5.41, 5.74) is 1.52. The number of nitro benzene ring substituents is 1. The van der Waals surface area contributed by atoms with Gasteiger partial charge in [-0.3, -0.25) is 10.1 Å². The van der Waals surface area contributed by atoms with E-state index in [-0.39, 0.29) is 5.69 Å². The van der Waals surface area contributed by atoms with E-state index in [1.165, 1.54) is 19.2 Å². The predicted molar refractivity (Wildman–Crippen MR) is 77.8 cm³/mol. The van der Waals surface area contributed by atoms with Crippen LogP contribution in [0.5, 0.6) is 11.6 Å². The molecule has 21 heavy (non-hydrogen) atoms. The number of rotatable bonds is 6. The third kappa shape index (κ3) is 3.82. The molecule has 1 heterocycles. The molecule has 7 nitrogen and oxygen atoms in total. The standard InChI is InChI=1S/C14H15N3O4/c1-20-13-6-11(5-12(7-13)17(18)19)15-8-10-3-4-14(21-2)16-9-10/h3-7,9,15H,8H2,1-2H3. The molecule has 0 saturated heterocycles. The van der Waals surface area contributed by atoms with Crippen LogP contribution < -0.4 is 14.8 Å². The molecule has 0 aliphatic heterocycles. The van der Waals surface area contributed by atoms with Crippen molar-refractivity contribution in [3.63, 3.8) is 0 Å². The van der Waals surface area contributed by atoms with E-state index in [0.29, 0.717) is 23.9 Å². The van der Waals surface area contributed by atoms with E-state index in [1.54, 1.807) is 25.4 Å². The fourth-order valence-corrected chi connectivity index (χ4v) is 1.75. The molecule has 0 bridgehead atoms. The van der Waals surface area contributed by atoms with Gasteiger partial charge in [0.15, 0.2) is 0 Å². The first-order chi connectivity index (χ1) is 10.1. The lowest BCUT2D eigenvalue weighted by Gasteiger charge is -2.08. The Morgan fingerprint density at radius 2 is 2.05 bits per heavy atom. The normalized spacial score (nSPS) is 10.0. The van der Waals surface area contributed by atoms with E-state index in [1.807, 2.05) is 6.07 Å². The Labute approximate surface area is 121 Å². The molecule has 1 aromatic heterocycles. The van der Waals surface area contributed by atoms with Crippen molar-refractivity contribution in [1.29, 1.82) is 0 Å². The molecule has 2 aromatic rings. The number of aromatic nitrogens is 1. The highest BCUT2D eigenvalue weighted by molar-refractivity contribution is 5.56. The maximum absolute atomic E-state index is 10.9. The highest BCUT2D eigenvalue weighted by Gasteiger charge is 2.10. The van der Waals surface area contributed by atoms with Crippen LogP contribution >= 0.6 is 0 Å². The fourth-order valence-electron chi connectivity index (χ4n) is 1.75. The van der Waals surface area contributed by atoms with Gasteiger partial charge >= 0.3 is 0 Å². The van der Waals surface area contributed by atoms with Crippen molar-refractivity contribution < 1.29 is 14.4 Å². The van der Waals surface area contributed by atoms with Crippen LogP contribution in [-0.4, -0.2) is 24.1 Å². The van der Waals surface area contributed by atoms with Crippen molar-refractivity contribution >= 4 is 11.4 Å². The summed E-state index contributed by atoms with van der Waals surface area (Å²) in [4.78, 5) is 14.5. The summed E-state index contributed by atoms with van der Waals surface area (Å²) in [6, 6.07) is 8.15. The zero-order valence-electron chi connectivity index (χ0n) is 11.7. The number of ether oxygens (including phenoxy) is 2. The highest BCUT2D eigenvalue weighted by Crippen LogP contribution is 2.26. The van der Waals surface area contributed by atoms with E-state index in [2.05, 4.69) is 10.3 Å². The van der Waals surface area contributed by atoms with E-state index in [4.69, 9.17) is 9.47 Å². The quantitative estimate of drug-likeness (QED) is 0.649. The highest BCUT2D eigenvalue weighted by atomic mass is 16.6. The van der Waals surface area contributed by atoms with E-state index in [9.17, 15) is 10.1 Å². The second-order valence-electron chi connectivity index (χ2n) is 4.24. The number of pyridine rings is 1. The number of methoxy groups -OCH3 is 2. The van der Waals surface area contributed by atoms with E-state index in [0.717, 1.165) is 5.56 Å². The number of hydrogen-bond acceptors (Lipinski definition) is 6. The van der Waals surface area contributed by atoms with E-state index >= 15 is 0 Å². The average molecular weight is 289 g/mol. The topological polar surface area (TPSA) is 86.5 Å². The zero-order chi connectivity index (χ0) is 15.2. The molecule has 110 valence electrons. The minimum atomic E-state index is -0.456. The summed E-state index contributed by atoms with van der Waals surface area (Å²) in [5, 5.41) is 14.0. The molecular formula is C14H15N3O4. The van der Waals surface area contributed by atoms with Gasteiger partial charge in [0, 0.05) is 36.6 Å². The summed E-state index contributed by atoms with van der Waals surface area (Å²) in [6.07, 6.45) is 1.68. The molecule has 2 rings (SSSR count). The molecule has 1 N–H and O–H groups in total. The first-order valence-electron chi connectivity index (χ1n) is 6.18. The van der Waals surface area contributed by atoms with Crippen LogP contribution in [0, 0.1) is 10.1 Å². The summed E-state index contributed by atoms with van der Waals surface area (Å²) in [5.74, 6) is 0.968. The SMILES string of the molecule is COc1cc(NCc2ccc(OC)nc2)cc([N+](=O)[O-])c1. The number of benzene rings is 1. The Balaban J connectivity index is 2.11. The summed E-state index contributed by atoms with van der Waals surface area (Å²) >= 11 is 0. The van der Waals surface area contributed by atoms with Crippen LogP contribution in [0.2, 0.25) is 0 Å². The lowest BCUT2D eigenvalue weighted by Crippen LogP contribution is -2.01. The molecule has 0 spiro atoms. The van der Waals surface area contributed by atoms with Crippen LogP contribution in [0.25, 0.3) is 0 Å². The van der Waals surface area contributed by atoms with Gasteiger partial charge < -0.3 is 14.8 Å². The lowest BCUT2D eigenvalue weighted by atomic mass is 10.2. The molecule has 0 saturated carbocycles. The van der Waals surface area contributed by atoms with Gasteiger partial charge in [-0.05, 0) is 5.56 Å². The van der Waals surface area contributed by atoms with Crippen molar-refractivity contribution in [2.24, 2.45) is 0 Å². The number of anilines is 1. The molecule has 0 fully saturated rings. The van der Waals surface area contributed by atoms with Crippen molar-refractivity contribution in [1.82, 2.24) is 4.98 Å². The molecular weight excluding hydrogens is 274 g/mol. The van der Waals surface area contributed by atoms with Crippen molar-refractivity contribution in [2.75, 3.05) is 19.5 Å². The Morgan fingerprint density at radius 3 is 2.62 bits per heavy atom. The van der Waals surface area contributed by atoms with Crippen molar-refractivity contribution in [3.05, 3.63) is 52.2 Å². The van der Waals surface area contributed by atoms with Crippen LogP contribution in [0.1, 0.15) is 5.56 Å². The predicted octanol–water partition coefficient (Wildman–Crippen LogP) is 2.62. The van der Waals surface area contributed by atoms with Gasteiger partial charge in [0.1, 0.15) is 5.75 Å². The first kappa shape index (κ1) is 14.6. The number of nitro groups is 1. The van der Waals surface area contributed by atoms with Gasteiger partial charge in [0.25, 0.3) is 5.69 Å². The second kappa shape index (κ2) is 6.56. The molecule has 0 amide bonds. The minimum absolute atomic E-state index is 0.0234. The van der Waals surface area contributed by atoms with Crippen molar-refractivity contribution in [3.8, 4) is 11.6 Å². The van der Waals surface area contributed by atoms with Gasteiger partial charge in [-0.2, -0.15) is 0 Å². The molecule has 0 aliphatic rings. The third-order valence-corrected chi connectivity index (χ3v) is 2.84. The van der Waals surface area contributed by atoms with Gasteiger partial charge in [0.2, 0.25) is 5.88 Å². The average Bonchev–Trinajstić information content (AvgIpc) is 2.53. The number of hydrogen-bond donors (Lipinski definition) is 1. The largest absolute Gasteiger partial charge is 0.496 e. The van der Waals surface area contributed by atoms with Gasteiger partial charge in [0.05, 0.1) is 25.2 Å². The maximum Gasteiger partial charge on any atom is 0.275 e. The molecule has 7 heteroatoms. The number of nitrogens with zero attached hydrogens (tertiary/aromatic N) is 2. The maximum atomic E-state index is 10.9. The van der Waals surface area contributed by atoms with Crippen LogP contribution in [0.4, 0.5) is 11.4 Å². The fraction of sp³-hybridized carbons (Fsp3) is 0.214. The first-order valence-corrected chi connectivity index (χ1v) is 6.18. The Bertz CT molecular complexity index is 629. The van der Waals surface area contributed by atoms with E-state index < -0.39 is 4.92 Å². The summed E-state index contributed by atoms with van der Waals surface area (Å²) in [6.45, 7) is 0.487. The monoisotopic (exact) mass is 289 g/mol.